The fourth-order valence-corrected chi connectivity index (χ4v) is 2.56. The molecule has 0 spiro atoms. The first-order valence-corrected chi connectivity index (χ1v) is 7.77. The van der Waals surface area contributed by atoms with Crippen molar-refractivity contribution in [1.29, 1.82) is 0 Å². The molecule has 128 valence electrons. The molecule has 0 saturated heterocycles. The van der Waals surface area contributed by atoms with Gasteiger partial charge in [-0.25, -0.2) is 4.79 Å². The minimum Gasteiger partial charge on any atom is -0.319 e. The average Bonchev–Trinajstić information content (AvgIpc) is 3.31. The molecule has 0 unspecified atom stereocenters. The van der Waals surface area contributed by atoms with Crippen molar-refractivity contribution in [2.24, 2.45) is 0 Å². The summed E-state index contributed by atoms with van der Waals surface area (Å²) in [5.41, 5.74) is 3.18. The first-order chi connectivity index (χ1) is 12.7. The minimum atomic E-state index is -0.652. The molecule has 0 fully saturated rings. The van der Waals surface area contributed by atoms with Gasteiger partial charge in [0, 0.05) is 16.7 Å². The lowest BCUT2D eigenvalue weighted by atomic mass is 10.1. The van der Waals surface area contributed by atoms with Gasteiger partial charge in [-0.2, -0.15) is 5.10 Å². The molecule has 0 atom stereocenters. The number of benzene rings is 2. The van der Waals surface area contributed by atoms with Gasteiger partial charge in [0.15, 0.2) is 5.82 Å². The Morgan fingerprint density at radius 2 is 1.85 bits per heavy atom. The molecule has 0 saturated carbocycles. The van der Waals surface area contributed by atoms with E-state index in [2.05, 4.69) is 30.2 Å². The van der Waals surface area contributed by atoms with Gasteiger partial charge in [0.1, 0.15) is 0 Å². The summed E-state index contributed by atoms with van der Waals surface area (Å²) in [6.07, 6.45) is 1.55. The van der Waals surface area contributed by atoms with E-state index in [1.807, 2.05) is 30.3 Å². The van der Waals surface area contributed by atoms with E-state index in [9.17, 15) is 9.59 Å². The Balaban J connectivity index is 1.60. The summed E-state index contributed by atoms with van der Waals surface area (Å²) >= 11 is 0. The Morgan fingerprint density at radius 1 is 1.04 bits per heavy atom. The van der Waals surface area contributed by atoms with Crippen LogP contribution >= 0.6 is 0 Å². The number of aromatic amines is 2. The van der Waals surface area contributed by atoms with Crippen molar-refractivity contribution in [2.45, 2.75) is 0 Å². The Morgan fingerprint density at radius 3 is 2.62 bits per heavy atom. The fourth-order valence-electron chi connectivity index (χ4n) is 2.56. The number of hydrogen-bond donors (Lipinski definition) is 3. The molecule has 3 N–H and O–H groups in total. The zero-order valence-electron chi connectivity index (χ0n) is 13.4. The van der Waals surface area contributed by atoms with Crippen molar-refractivity contribution in [3.63, 3.8) is 0 Å². The molecule has 26 heavy (non-hydrogen) atoms. The summed E-state index contributed by atoms with van der Waals surface area (Å²) in [7, 11) is 0. The van der Waals surface area contributed by atoms with Crippen molar-refractivity contribution in [3.8, 4) is 22.6 Å². The maximum atomic E-state index is 12.6. The number of nitrogens with zero attached hydrogens (tertiary/aromatic N) is 2. The number of aromatic nitrogens is 4. The van der Waals surface area contributed by atoms with E-state index < -0.39 is 5.76 Å². The van der Waals surface area contributed by atoms with Gasteiger partial charge in [0.05, 0.1) is 17.6 Å². The number of hydrogen-bond acceptors (Lipinski definition) is 5. The lowest BCUT2D eigenvalue weighted by Gasteiger charge is -2.07. The van der Waals surface area contributed by atoms with Gasteiger partial charge < -0.3 is 5.32 Å². The van der Waals surface area contributed by atoms with Gasteiger partial charge in [-0.15, -0.1) is 0 Å². The summed E-state index contributed by atoms with van der Waals surface area (Å²) in [5.74, 6) is -0.699. The quantitative estimate of drug-likeness (QED) is 0.525. The van der Waals surface area contributed by atoms with Crippen LogP contribution in [0.1, 0.15) is 10.4 Å². The van der Waals surface area contributed by atoms with Crippen LogP contribution in [0.5, 0.6) is 0 Å². The number of nitrogens with one attached hydrogen (secondary N) is 3. The van der Waals surface area contributed by atoms with Gasteiger partial charge in [-0.3, -0.25) is 19.4 Å². The molecular formula is C18H13N5O3. The minimum absolute atomic E-state index is 0.262. The highest BCUT2D eigenvalue weighted by Crippen LogP contribution is 2.25. The molecule has 0 aliphatic carbocycles. The largest absolute Gasteiger partial charge is 0.439 e. The molecule has 4 rings (SSSR count). The summed E-state index contributed by atoms with van der Waals surface area (Å²) in [5, 5.41) is 13.4. The van der Waals surface area contributed by atoms with E-state index >= 15 is 0 Å². The summed E-state index contributed by atoms with van der Waals surface area (Å²) in [6.45, 7) is 0. The maximum Gasteiger partial charge on any atom is 0.439 e. The molecule has 0 aliphatic rings. The lowest BCUT2D eigenvalue weighted by molar-refractivity contribution is 0.102. The normalized spacial score (nSPS) is 10.6. The highest BCUT2D eigenvalue weighted by atomic mass is 16.5. The Hall–Kier alpha value is -3.94. The first-order valence-electron chi connectivity index (χ1n) is 7.77. The summed E-state index contributed by atoms with van der Waals surface area (Å²) in [6, 6.07) is 16.3. The van der Waals surface area contributed by atoms with Crippen LogP contribution in [-0.4, -0.2) is 26.2 Å². The zero-order valence-corrected chi connectivity index (χ0v) is 13.4. The monoisotopic (exact) mass is 347 g/mol. The number of amides is 1. The van der Waals surface area contributed by atoms with Crippen LogP contribution < -0.4 is 11.1 Å². The highest BCUT2D eigenvalue weighted by Gasteiger charge is 2.14. The van der Waals surface area contributed by atoms with Crippen LogP contribution in [0, 0.1) is 0 Å². The van der Waals surface area contributed by atoms with E-state index in [0.29, 0.717) is 16.8 Å². The Kier molecular flexibility index (Phi) is 3.91. The smallest absolute Gasteiger partial charge is 0.319 e. The van der Waals surface area contributed by atoms with Gasteiger partial charge >= 0.3 is 5.76 Å². The molecule has 4 aromatic rings. The Bertz CT molecular complexity index is 1110. The molecule has 0 aliphatic heterocycles. The van der Waals surface area contributed by atoms with Gasteiger partial charge in [-0.1, -0.05) is 47.6 Å². The van der Waals surface area contributed by atoms with Crippen molar-refractivity contribution in [2.75, 3.05) is 5.32 Å². The van der Waals surface area contributed by atoms with Crippen molar-refractivity contribution in [1.82, 2.24) is 20.3 Å². The SMILES string of the molecule is O=C(Nc1cn[nH]c1-c1ccccc1)c1cccc(-c2noc(=O)[nH]2)c1. The third kappa shape index (κ3) is 3.03. The molecule has 2 heterocycles. The number of carbonyl (C=O) groups excluding carboxylic acids is 1. The average molecular weight is 347 g/mol. The molecule has 0 radical (unpaired) electrons. The number of rotatable bonds is 4. The summed E-state index contributed by atoms with van der Waals surface area (Å²) in [4.78, 5) is 26.2. The third-order valence-corrected chi connectivity index (χ3v) is 3.79. The second-order valence-corrected chi connectivity index (χ2v) is 5.50. The molecule has 0 bridgehead atoms. The van der Waals surface area contributed by atoms with Crippen LogP contribution in [0.2, 0.25) is 0 Å². The Labute approximate surface area is 146 Å². The van der Waals surface area contributed by atoms with Gasteiger partial charge in [0.25, 0.3) is 5.91 Å². The zero-order chi connectivity index (χ0) is 17.9. The van der Waals surface area contributed by atoms with E-state index in [-0.39, 0.29) is 11.7 Å². The van der Waals surface area contributed by atoms with Crippen LogP contribution in [0.15, 0.2) is 70.1 Å². The second kappa shape index (κ2) is 6.52. The first kappa shape index (κ1) is 15.6. The van der Waals surface area contributed by atoms with Crippen LogP contribution in [0.25, 0.3) is 22.6 Å². The summed E-state index contributed by atoms with van der Waals surface area (Å²) < 4.78 is 4.50. The lowest BCUT2D eigenvalue weighted by Crippen LogP contribution is -2.12. The van der Waals surface area contributed by atoms with E-state index in [0.717, 1.165) is 11.3 Å². The van der Waals surface area contributed by atoms with E-state index in [1.165, 1.54) is 0 Å². The molecule has 2 aromatic heterocycles. The van der Waals surface area contributed by atoms with Crippen molar-refractivity contribution >= 4 is 11.6 Å². The van der Waals surface area contributed by atoms with Gasteiger partial charge in [-0.05, 0) is 12.1 Å². The third-order valence-electron chi connectivity index (χ3n) is 3.79. The van der Waals surface area contributed by atoms with Crippen LogP contribution in [-0.2, 0) is 0 Å². The standard InChI is InChI=1S/C18H13N5O3/c24-17(13-8-4-7-12(9-13)16-21-18(25)26-23-16)20-14-10-19-22-15(14)11-5-2-1-3-6-11/h1-10H,(H,19,22)(H,20,24)(H,21,23,25). The molecule has 2 aromatic carbocycles. The number of anilines is 1. The fraction of sp³-hybridized carbons (Fsp3) is 0. The van der Waals surface area contributed by atoms with Crippen molar-refractivity contribution < 1.29 is 9.32 Å². The second-order valence-electron chi connectivity index (χ2n) is 5.50. The molecular weight excluding hydrogens is 334 g/mol. The van der Waals surface area contributed by atoms with E-state index in [4.69, 9.17) is 0 Å². The predicted octanol–water partition coefficient (Wildman–Crippen LogP) is 2.67. The van der Waals surface area contributed by atoms with Crippen molar-refractivity contribution in [3.05, 3.63) is 76.9 Å². The molecule has 1 amide bonds. The van der Waals surface area contributed by atoms with Crippen LogP contribution in [0.4, 0.5) is 5.69 Å². The number of H-pyrrole nitrogens is 2. The predicted molar refractivity (Wildman–Crippen MR) is 94.5 cm³/mol. The number of carbonyl (C=O) groups is 1. The topological polar surface area (TPSA) is 117 Å². The van der Waals surface area contributed by atoms with Crippen LogP contribution in [0.3, 0.4) is 0 Å². The van der Waals surface area contributed by atoms with Gasteiger partial charge in [0.2, 0.25) is 0 Å². The molecule has 8 nitrogen and oxygen atoms in total. The maximum absolute atomic E-state index is 12.6. The highest BCUT2D eigenvalue weighted by molar-refractivity contribution is 6.06. The molecule has 8 heteroatoms. The van der Waals surface area contributed by atoms with E-state index in [1.54, 1.807) is 30.5 Å².